The molecule has 0 aliphatic carbocycles. The van der Waals surface area contributed by atoms with Gasteiger partial charge in [0, 0.05) is 21.5 Å². The van der Waals surface area contributed by atoms with E-state index in [0.717, 1.165) is 6.29 Å². The third kappa shape index (κ3) is 3.14. The first kappa shape index (κ1) is 16.1. The molecule has 3 aromatic rings. The quantitative estimate of drug-likeness (QED) is 0.492. The van der Waals surface area contributed by atoms with Gasteiger partial charge >= 0.3 is 5.97 Å². The van der Waals surface area contributed by atoms with Crippen LogP contribution in [0.25, 0.3) is 10.9 Å². The zero-order valence-electron chi connectivity index (χ0n) is 12.7. The molecule has 3 rings (SSSR count). The van der Waals surface area contributed by atoms with Gasteiger partial charge in [-0.3, -0.25) is 4.79 Å². The van der Waals surface area contributed by atoms with Gasteiger partial charge in [-0.2, -0.15) is 0 Å². The minimum Gasteiger partial charge on any atom is -0.465 e. The van der Waals surface area contributed by atoms with Crippen molar-refractivity contribution in [2.75, 3.05) is 7.11 Å². The first-order valence-corrected chi connectivity index (χ1v) is 7.82. The highest BCUT2D eigenvalue weighted by molar-refractivity contribution is 9.10. The van der Waals surface area contributed by atoms with Crippen LogP contribution in [-0.2, 0) is 4.74 Å². The van der Waals surface area contributed by atoms with Crippen LogP contribution in [-0.4, -0.2) is 24.3 Å². The molecule has 120 valence electrons. The smallest absolute Gasteiger partial charge is 0.338 e. The number of halogens is 1. The number of hydrogen-bond acceptors (Lipinski definition) is 5. The lowest BCUT2D eigenvalue weighted by molar-refractivity contribution is 0.0603. The molecular weight excluding hydrogens is 374 g/mol. The van der Waals surface area contributed by atoms with E-state index in [9.17, 15) is 9.59 Å². The molecule has 0 bridgehead atoms. The van der Waals surface area contributed by atoms with E-state index in [0.29, 0.717) is 38.1 Å². The zero-order valence-corrected chi connectivity index (χ0v) is 14.2. The lowest BCUT2D eigenvalue weighted by Crippen LogP contribution is -2.02. The summed E-state index contributed by atoms with van der Waals surface area (Å²) in [5.74, 6) is 0.444. The number of benzene rings is 2. The number of methoxy groups -OCH3 is 1. The SMILES string of the molecule is COC(=O)c1cccc2nc(Oc3ccc(Br)c(C=O)c3)ccc12. The minimum absolute atomic E-state index is 0.365. The Morgan fingerprint density at radius 2 is 2.00 bits per heavy atom. The summed E-state index contributed by atoms with van der Waals surface area (Å²) >= 11 is 3.29. The van der Waals surface area contributed by atoms with Crippen LogP contribution in [0.5, 0.6) is 11.6 Å². The Morgan fingerprint density at radius 1 is 1.17 bits per heavy atom. The number of hydrogen-bond donors (Lipinski definition) is 0. The number of aromatic nitrogens is 1. The Kier molecular flexibility index (Phi) is 4.57. The second kappa shape index (κ2) is 6.80. The van der Waals surface area contributed by atoms with Crippen LogP contribution in [0.3, 0.4) is 0 Å². The molecule has 0 amide bonds. The minimum atomic E-state index is -0.417. The van der Waals surface area contributed by atoms with E-state index >= 15 is 0 Å². The number of carbonyl (C=O) groups excluding carboxylic acids is 2. The van der Waals surface area contributed by atoms with Crippen LogP contribution in [0.2, 0.25) is 0 Å². The van der Waals surface area contributed by atoms with E-state index < -0.39 is 5.97 Å². The van der Waals surface area contributed by atoms with Gasteiger partial charge in [0.2, 0.25) is 5.88 Å². The molecule has 6 heteroatoms. The molecule has 5 nitrogen and oxygen atoms in total. The van der Waals surface area contributed by atoms with Crippen molar-refractivity contribution in [1.29, 1.82) is 0 Å². The highest BCUT2D eigenvalue weighted by atomic mass is 79.9. The normalized spacial score (nSPS) is 10.4. The summed E-state index contributed by atoms with van der Waals surface area (Å²) in [5, 5.41) is 0.682. The number of aldehydes is 1. The van der Waals surface area contributed by atoms with E-state index in [4.69, 9.17) is 9.47 Å². The highest BCUT2D eigenvalue weighted by Crippen LogP contribution is 2.27. The van der Waals surface area contributed by atoms with Crippen LogP contribution in [0.1, 0.15) is 20.7 Å². The fraction of sp³-hybridized carbons (Fsp3) is 0.0556. The van der Waals surface area contributed by atoms with Crippen LogP contribution >= 0.6 is 15.9 Å². The molecular formula is C18H12BrNO4. The molecule has 0 spiro atoms. The van der Waals surface area contributed by atoms with Gasteiger partial charge in [0.15, 0.2) is 6.29 Å². The molecule has 0 atom stereocenters. The van der Waals surface area contributed by atoms with E-state index in [2.05, 4.69) is 20.9 Å². The second-order valence-electron chi connectivity index (χ2n) is 4.92. The summed E-state index contributed by atoms with van der Waals surface area (Å²) in [5.41, 5.74) is 1.55. The molecule has 1 aromatic heterocycles. The average molecular weight is 386 g/mol. The number of rotatable bonds is 4. The molecule has 0 N–H and O–H groups in total. The van der Waals surface area contributed by atoms with Crippen molar-refractivity contribution in [3.63, 3.8) is 0 Å². The first-order valence-electron chi connectivity index (χ1n) is 7.03. The highest BCUT2D eigenvalue weighted by Gasteiger charge is 2.11. The van der Waals surface area contributed by atoms with E-state index in [1.54, 1.807) is 48.5 Å². The number of carbonyl (C=O) groups is 2. The largest absolute Gasteiger partial charge is 0.465 e. The third-order valence-electron chi connectivity index (χ3n) is 3.43. The fourth-order valence-corrected chi connectivity index (χ4v) is 2.62. The number of ether oxygens (including phenoxy) is 2. The lowest BCUT2D eigenvalue weighted by atomic mass is 10.1. The van der Waals surface area contributed by atoms with E-state index in [1.165, 1.54) is 7.11 Å². The Morgan fingerprint density at radius 3 is 2.75 bits per heavy atom. The van der Waals surface area contributed by atoms with Gasteiger partial charge in [0.25, 0.3) is 0 Å². The molecule has 0 unspecified atom stereocenters. The zero-order chi connectivity index (χ0) is 17.1. The molecule has 0 aliphatic heterocycles. The summed E-state index contributed by atoms with van der Waals surface area (Å²) in [6.07, 6.45) is 0.743. The van der Waals surface area contributed by atoms with E-state index in [1.807, 2.05) is 0 Å². The van der Waals surface area contributed by atoms with Crippen molar-refractivity contribution < 1.29 is 19.1 Å². The maximum Gasteiger partial charge on any atom is 0.338 e. The van der Waals surface area contributed by atoms with Gasteiger partial charge in [-0.1, -0.05) is 22.0 Å². The van der Waals surface area contributed by atoms with Crippen molar-refractivity contribution in [3.8, 4) is 11.6 Å². The Bertz CT molecular complexity index is 939. The topological polar surface area (TPSA) is 65.5 Å². The van der Waals surface area contributed by atoms with Gasteiger partial charge in [0.1, 0.15) is 5.75 Å². The van der Waals surface area contributed by atoms with Crippen LogP contribution in [0, 0.1) is 0 Å². The van der Waals surface area contributed by atoms with Gasteiger partial charge in [-0.05, 0) is 36.4 Å². The summed E-state index contributed by atoms with van der Waals surface area (Å²) < 4.78 is 11.2. The number of fused-ring (bicyclic) bond motifs is 1. The summed E-state index contributed by atoms with van der Waals surface area (Å²) in [4.78, 5) is 27.2. The second-order valence-corrected chi connectivity index (χ2v) is 5.77. The molecule has 1 heterocycles. The van der Waals surface area contributed by atoms with Gasteiger partial charge in [-0.25, -0.2) is 9.78 Å². The third-order valence-corrected chi connectivity index (χ3v) is 4.15. The van der Waals surface area contributed by atoms with Crippen LogP contribution in [0.15, 0.2) is 53.0 Å². The van der Waals surface area contributed by atoms with Crippen molar-refractivity contribution in [1.82, 2.24) is 4.98 Å². The van der Waals surface area contributed by atoms with Gasteiger partial charge in [-0.15, -0.1) is 0 Å². The average Bonchev–Trinajstić information content (AvgIpc) is 2.62. The molecule has 0 radical (unpaired) electrons. The van der Waals surface area contributed by atoms with Crippen molar-refractivity contribution in [2.24, 2.45) is 0 Å². The molecule has 2 aromatic carbocycles. The maximum absolute atomic E-state index is 11.8. The number of esters is 1. The van der Waals surface area contributed by atoms with E-state index in [-0.39, 0.29) is 0 Å². The van der Waals surface area contributed by atoms with Crippen molar-refractivity contribution in [3.05, 3.63) is 64.1 Å². The van der Waals surface area contributed by atoms with Crippen molar-refractivity contribution in [2.45, 2.75) is 0 Å². The monoisotopic (exact) mass is 385 g/mol. The predicted molar refractivity (Wildman–Crippen MR) is 92.7 cm³/mol. The van der Waals surface area contributed by atoms with Crippen molar-refractivity contribution >= 4 is 39.1 Å². The predicted octanol–water partition coefficient (Wildman–Crippen LogP) is 4.39. The van der Waals surface area contributed by atoms with Crippen LogP contribution < -0.4 is 4.74 Å². The summed E-state index contributed by atoms with van der Waals surface area (Å²) in [6, 6.07) is 13.7. The lowest BCUT2D eigenvalue weighted by Gasteiger charge is -2.08. The maximum atomic E-state index is 11.8. The molecule has 0 fully saturated rings. The Balaban J connectivity index is 1.97. The Labute approximate surface area is 146 Å². The first-order chi connectivity index (χ1) is 11.6. The van der Waals surface area contributed by atoms with Gasteiger partial charge in [0.05, 0.1) is 18.2 Å². The molecule has 0 saturated carbocycles. The number of nitrogens with zero attached hydrogens (tertiary/aromatic N) is 1. The molecule has 0 aliphatic rings. The van der Waals surface area contributed by atoms with Gasteiger partial charge < -0.3 is 9.47 Å². The standard InChI is InChI=1S/C18H12BrNO4/c1-23-18(22)14-3-2-4-16-13(14)6-8-17(20-16)24-12-5-7-15(19)11(9-12)10-21/h2-10H,1H3. The molecule has 24 heavy (non-hydrogen) atoms. The van der Waals surface area contributed by atoms with Crippen LogP contribution in [0.4, 0.5) is 0 Å². The molecule has 0 saturated heterocycles. The Hall–Kier alpha value is -2.73. The summed E-state index contributed by atoms with van der Waals surface area (Å²) in [6.45, 7) is 0. The number of pyridine rings is 1. The summed E-state index contributed by atoms with van der Waals surface area (Å²) in [7, 11) is 1.34. The fourth-order valence-electron chi connectivity index (χ4n) is 2.28.